The molecule has 2 heterocycles. The van der Waals surface area contributed by atoms with E-state index in [-0.39, 0.29) is 11.7 Å². The summed E-state index contributed by atoms with van der Waals surface area (Å²) >= 11 is 0. The first-order chi connectivity index (χ1) is 9.52. The third kappa shape index (κ3) is 1.93. The highest BCUT2D eigenvalue weighted by molar-refractivity contribution is 5.37. The molecule has 0 aromatic carbocycles. The molecule has 2 aliphatic rings. The maximum atomic E-state index is 12.6. The molecule has 1 aromatic heterocycles. The van der Waals surface area contributed by atoms with Crippen molar-refractivity contribution in [2.24, 2.45) is 17.8 Å². The number of pyridine rings is 1. The molecule has 0 bridgehead atoms. The van der Waals surface area contributed by atoms with E-state index in [2.05, 4.69) is 20.8 Å². The van der Waals surface area contributed by atoms with Crippen LogP contribution in [0, 0.1) is 17.8 Å². The largest absolute Gasteiger partial charge is 0.490 e. The standard InChI is InChI=1S/C16H23NO3/c1-9-7-10(2)14-12(8-9)11(3)20-13-5-6-17(19-4)16(18)15(13)14/h5-6,9-12,14H,7-8H2,1-4H3. The zero-order chi connectivity index (χ0) is 14.4. The molecular weight excluding hydrogens is 254 g/mol. The van der Waals surface area contributed by atoms with E-state index in [9.17, 15) is 4.79 Å². The zero-order valence-corrected chi connectivity index (χ0v) is 12.6. The first-order valence-electron chi connectivity index (χ1n) is 7.49. The van der Waals surface area contributed by atoms with Crippen molar-refractivity contribution in [2.75, 3.05) is 7.11 Å². The van der Waals surface area contributed by atoms with Gasteiger partial charge < -0.3 is 9.57 Å². The number of ether oxygens (including phenoxy) is 1. The summed E-state index contributed by atoms with van der Waals surface area (Å²) < 4.78 is 7.31. The van der Waals surface area contributed by atoms with Crippen LogP contribution in [0.2, 0.25) is 0 Å². The van der Waals surface area contributed by atoms with Gasteiger partial charge >= 0.3 is 0 Å². The summed E-state index contributed by atoms with van der Waals surface area (Å²) in [7, 11) is 1.52. The van der Waals surface area contributed by atoms with Crippen LogP contribution in [-0.2, 0) is 0 Å². The average molecular weight is 277 g/mol. The second kappa shape index (κ2) is 4.83. The van der Waals surface area contributed by atoms with Crippen LogP contribution in [0.5, 0.6) is 5.75 Å². The fraction of sp³-hybridized carbons (Fsp3) is 0.688. The third-order valence-electron chi connectivity index (χ3n) is 5.03. The van der Waals surface area contributed by atoms with Crippen molar-refractivity contribution in [2.45, 2.75) is 45.6 Å². The molecule has 1 aromatic rings. The Kier molecular flexibility index (Phi) is 3.27. The van der Waals surface area contributed by atoms with Gasteiger partial charge in [0.05, 0.1) is 17.9 Å². The van der Waals surface area contributed by atoms with Gasteiger partial charge in [-0.1, -0.05) is 13.8 Å². The fourth-order valence-electron chi connectivity index (χ4n) is 4.25. The minimum Gasteiger partial charge on any atom is -0.490 e. The molecule has 5 unspecified atom stereocenters. The van der Waals surface area contributed by atoms with Crippen LogP contribution < -0.4 is 15.1 Å². The van der Waals surface area contributed by atoms with Gasteiger partial charge in [0.15, 0.2) is 0 Å². The van der Waals surface area contributed by atoms with Crippen LogP contribution in [0.1, 0.15) is 45.1 Å². The maximum Gasteiger partial charge on any atom is 0.290 e. The van der Waals surface area contributed by atoms with Gasteiger partial charge in [-0.05, 0) is 31.6 Å². The topological polar surface area (TPSA) is 40.5 Å². The Bertz CT molecular complexity index is 565. The molecular formula is C16H23NO3. The highest BCUT2D eigenvalue weighted by Gasteiger charge is 2.44. The SMILES string of the molecule is COn1ccc2c(c1=O)C1C(C)CC(C)CC1C(C)O2. The van der Waals surface area contributed by atoms with E-state index >= 15 is 0 Å². The monoisotopic (exact) mass is 277 g/mol. The first-order valence-corrected chi connectivity index (χ1v) is 7.49. The Hall–Kier alpha value is -1.45. The highest BCUT2D eigenvalue weighted by Crippen LogP contribution is 2.50. The lowest BCUT2D eigenvalue weighted by Gasteiger charge is -2.45. The van der Waals surface area contributed by atoms with Crippen LogP contribution >= 0.6 is 0 Å². The molecule has 20 heavy (non-hydrogen) atoms. The molecule has 1 aliphatic carbocycles. The summed E-state index contributed by atoms with van der Waals surface area (Å²) in [5.41, 5.74) is 0.755. The van der Waals surface area contributed by atoms with Crippen molar-refractivity contribution in [3.8, 4) is 5.75 Å². The van der Waals surface area contributed by atoms with Gasteiger partial charge in [0.25, 0.3) is 5.56 Å². The van der Waals surface area contributed by atoms with Crippen molar-refractivity contribution < 1.29 is 9.57 Å². The van der Waals surface area contributed by atoms with Gasteiger partial charge in [-0.3, -0.25) is 4.79 Å². The molecule has 4 nitrogen and oxygen atoms in total. The number of hydrogen-bond donors (Lipinski definition) is 0. The van der Waals surface area contributed by atoms with Crippen LogP contribution in [0.3, 0.4) is 0 Å². The van der Waals surface area contributed by atoms with Crippen LogP contribution in [0.25, 0.3) is 0 Å². The van der Waals surface area contributed by atoms with Gasteiger partial charge in [-0.15, -0.1) is 0 Å². The van der Waals surface area contributed by atoms with Crippen molar-refractivity contribution in [1.82, 2.24) is 4.73 Å². The van der Waals surface area contributed by atoms with Gasteiger partial charge in [0.2, 0.25) is 0 Å². The van der Waals surface area contributed by atoms with Gasteiger partial charge in [0, 0.05) is 17.9 Å². The van der Waals surface area contributed by atoms with E-state index in [1.54, 1.807) is 6.20 Å². The summed E-state index contributed by atoms with van der Waals surface area (Å²) in [5, 5.41) is 0. The second-order valence-electron chi connectivity index (χ2n) is 6.47. The van der Waals surface area contributed by atoms with E-state index in [0.29, 0.717) is 23.7 Å². The molecule has 5 atom stereocenters. The lowest BCUT2D eigenvalue weighted by atomic mass is 9.64. The Balaban J connectivity index is 2.13. The van der Waals surface area contributed by atoms with Crippen LogP contribution in [0.4, 0.5) is 0 Å². The molecule has 0 spiro atoms. The zero-order valence-electron chi connectivity index (χ0n) is 12.6. The van der Waals surface area contributed by atoms with E-state index in [1.807, 2.05) is 6.07 Å². The van der Waals surface area contributed by atoms with Gasteiger partial charge in [0.1, 0.15) is 12.9 Å². The number of hydrogen-bond acceptors (Lipinski definition) is 3. The minimum absolute atomic E-state index is 0.0618. The Morgan fingerprint density at radius 1 is 1.30 bits per heavy atom. The predicted molar refractivity (Wildman–Crippen MR) is 77.1 cm³/mol. The lowest BCUT2D eigenvalue weighted by Crippen LogP contribution is -2.45. The molecule has 0 saturated heterocycles. The van der Waals surface area contributed by atoms with Gasteiger partial charge in [-0.2, -0.15) is 4.73 Å². The number of nitrogens with zero attached hydrogens (tertiary/aromatic N) is 1. The summed E-state index contributed by atoms with van der Waals surface area (Å²) in [6, 6.07) is 1.86. The molecule has 110 valence electrons. The molecule has 0 amide bonds. The molecule has 1 aliphatic heterocycles. The van der Waals surface area contributed by atoms with Crippen LogP contribution in [0.15, 0.2) is 17.1 Å². The molecule has 1 fully saturated rings. The Morgan fingerprint density at radius 2 is 2.05 bits per heavy atom. The maximum absolute atomic E-state index is 12.6. The lowest BCUT2D eigenvalue weighted by molar-refractivity contribution is 0.0387. The first kappa shape index (κ1) is 13.5. The Labute approximate surface area is 119 Å². The second-order valence-corrected chi connectivity index (χ2v) is 6.47. The van der Waals surface area contributed by atoms with Crippen LogP contribution in [-0.4, -0.2) is 17.9 Å². The van der Waals surface area contributed by atoms with Crippen molar-refractivity contribution in [3.63, 3.8) is 0 Å². The summed E-state index contributed by atoms with van der Waals surface area (Å²) in [4.78, 5) is 17.7. The van der Waals surface area contributed by atoms with E-state index in [1.165, 1.54) is 18.3 Å². The van der Waals surface area contributed by atoms with Gasteiger partial charge in [-0.25, -0.2) is 0 Å². The summed E-state index contributed by atoms with van der Waals surface area (Å²) in [5.74, 6) is 2.68. The van der Waals surface area contributed by atoms with E-state index < -0.39 is 0 Å². The molecule has 1 saturated carbocycles. The molecule has 4 heteroatoms. The fourth-order valence-corrected chi connectivity index (χ4v) is 4.25. The van der Waals surface area contributed by atoms with Crippen molar-refractivity contribution >= 4 is 0 Å². The predicted octanol–water partition coefficient (Wildman–Crippen LogP) is 2.45. The molecule has 3 rings (SSSR count). The number of aromatic nitrogens is 1. The smallest absolute Gasteiger partial charge is 0.290 e. The van der Waals surface area contributed by atoms with Crippen molar-refractivity contribution in [3.05, 3.63) is 28.2 Å². The minimum atomic E-state index is -0.0618. The number of fused-ring (bicyclic) bond motifs is 3. The third-order valence-corrected chi connectivity index (χ3v) is 5.03. The van der Waals surface area contributed by atoms with E-state index in [0.717, 1.165) is 17.7 Å². The Morgan fingerprint density at radius 3 is 2.75 bits per heavy atom. The molecule has 0 radical (unpaired) electrons. The summed E-state index contributed by atoms with van der Waals surface area (Å²) in [6.45, 7) is 6.69. The quantitative estimate of drug-likeness (QED) is 0.791. The highest BCUT2D eigenvalue weighted by atomic mass is 16.6. The number of rotatable bonds is 1. The average Bonchev–Trinajstić information content (AvgIpc) is 2.39. The molecule has 0 N–H and O–H groups in total. The van der Waals surface area contributed by atoms with Crippen molar-refractivity contribution in [1.29, 1.82) is 0 Å². The summed E-state index contributed by atoms with van der Waals surface area (Å²) in [6.07, 6.45) is 4.13. The normalized spacial score (nSPS) is 35.7. The van der Waals surface area contributed by atoms with E-state index in [4.69, 9.17) is 9.57 Å².